The quantitative estimate of drug-likeness (QED) is 0.301. The number of unbranched alkanes of at least 4 members (excludes halogenated alkanes) is 7. The lowest BCUT2D eigenvalue weighted by molar-refractivity contribution is 0.587. The van der Waals surface area contributed by atoms with Crippen molar-refractivity contribution in [1.82, 2.24) is 0 Å². The van der Waals surface area contributed by atoms with E-state index in [2.05, 4.69) is 29.5 Å². The maximum atomic E-state index is 2.46. The average molecular weight is 396 g/mol. The standard InChI is InChI=1S/C10H21I.HI/c1-2-3-4-5-6-7-8-9-10-11;/h2-10H2,1H3;1H. The molecule has 12 heavy (non-hydrogen) atoms. The molecule has 0 radical (unpaired) electrons. The van der Waals surface area contributed by atoms with Gasteiger partial charge in [-0.1, -0.05) is 74.5 Å². The summed E-state index contributed by atoms with van der Waals surface area (Å²) in [6, 6.07) is 0. The molecule has 0 aromatic rings. The van der Waals surface area contributed by atoms with Gasteiger partial charge in [-0.05, 0) is 10.8 Å². The molecule has 0 bridgehead atoms. The Balaban J connectivity index is 0. The van der Waals surface area contributed by atoms with Crippen LogP contribution in [0.25, 0.3) is 0 Å². The molecule has 0 saturated carbocycles. The van der Waals surface area contributed by atoms with Crippen molar-refractivity contribution in [3.63, 3.8) is 0 Å². The Morgan fingerprint density at radius 1 is 0.750 bits per heavy atom. The molecule has 0 N–H and O–H groups in total. The summed E-state index contributed by atoms with van der Waals surface area (Å²) >= 11 is 2.46. The zero-order chi connectivity index (χ0) is 8.36. The third-order valence-electron chi connectivity index (χ3n) is 1.99. The molecule has 0 rings (SSSR count). The van der Waals surface area contributed by atoms with Gasteiger partial charge in [0.2, 0.25) is 0 Å². The Labute approximate surface area is 108 Å². The smallest absolute Gasteiger partial charge is 0.000473 e. The van der Waals surface area contributed by atoms with Crippen molar-refractivity contribution in [2.24, 2.45) is 0 Å². The molecule has 0 aromatic carbocycles. The van der Waals surface area contributed by atoms with Crippen LogP contribution in [0.3, 0.4) is 0 Å². The number of halogens is 2. The molecule has 0 spiro atoms. The van der Waals surface area contributed by atoms with E-state index in [0.29, 0.717) is 0 Å². The average Bonchev–Trinajstić information content (AvgIpc) is 2.03. The van der Waals surface area contributed by atoms with E-state index in [4.69, 9.17) is 0 Å². The Hall–Kier alpha value is 1.46. The van der Waals surface area contributed by atoms with Crippen LogP contribution in [0.1, 0.15) is 58.3 Å². The van der Waals surface area contributed by atoms with Crippen molar-refractivity contribution >= 4 is 46.6 Å². The van der Waals surface area contributed by atoms with Gasteiger partial charge in [0.15, 0.2) is 0 Å². The number of rotatable bonds is 8. The molecule has 0 aliphatic heterocycles. The van der Waals surface area contributed by atoms with E-state index in [9.17, 15) is 0 Å². The van der Waals surface area contributed by atoms with E-state index in [0.717, 1.165) is 0 Å². The summed E-state index contributed by atoms with van der Waals surface area (Å²) in [4.78, 5) is 0. The van der Waals surface area contributed by atoms with Gasteiger partial charge in [0.05, 0.1) is 0 Å². The molecule has 0 aromatic heterocycles. The molecule has 0 aliphatic carbocycles. The van der Waals surface area contributed by atoms with E-state index >= 15 is 0 Å². The monoisotopic (exact) mass is 396 g/mol. The number of alkyl halides is 1. The summed E-state index contributed by atoms with van der Waals surface area (Å²) in [6.07, 6.45) is 11.5. The minimum atomic E-state index is 0. The largest absolute Gasteiger partial charge is 0.107 e. The molecule has 0 fully saturated rings. The minimum Gasteiger partial charge on any atom is -0.107 e. The first-order valence-electron chi connectivity index (χ1n) is 4.97. The highest BCUT2D eigenvalue weighted by molar-refractivity contribution is 14.1. The van der Waals surface area contributed by atoms with E-state index < -0.39 is 0 Å². The van der Waals surface area contributed by atoms with E-state index in [-0.39, 0.29) is 24.0 Å². The highest BCUT2D eigenvalue weighted by Crippen LogP contribution is 2.08. The molecule has 0 atom stereocenters. The fourth-order valence-corrected chi connectivity index (χ4v) is 1.77. The molecule has 0 aliphatic rings. The maximum Gasteiger partial charge on any atom is -0.000473 e. The van der Waals surface area contributed by atoms with E-state index in [1.807, 2.05) is 0 Å². The highest BCUT2D eigenvalue weighted by atomic mass is 127. The lowest BCUT2D eigenvalue weighted by Crippen LogP contribution is -1.80. The van der Waals surface area contributed by atoms with Crippen molar-refractivity contribution in [1.29, 1.82) is 0 Å². The fraction of sp³-hybridized carbons (Fsp3) is 1.00. The first-order chi connectivity index (χ1) is 5.41. The molecule has 0 heterocycles. The zero-order valence-corrected chi connectivity index (χ0v) is 12.6. The van der Waals surface area contributed by atoms with Gasteiger partial charge in [0, 0.05) is 0 Å². The van der Waals surface area contributed by atoms with Crippen LogP contribution >= 0.6 is 46.6 Å². The SMILES string of the molecule is CCCCCCCCCCI.I. The van der Waals surface area contributed by atoms with Crippen molar-refractivity contribution in [3.8, 4) is 0 Å². The second kappa shape index (κ2) is 15.0. The van der Waals surface area contributed by atoms with E-state index in [1.54, 1.807) is 0 Å². The van der Waals surface area contributed by atoms with Crippen LogP contribution in [0.15, 0.2) is 0 Å². The molecular weight excluding hydrogens is 374 g/mol. The Bertz CT molecular complexity index is 56.9. The minimum absolute atomic E-state index is 0. The van der Waals surface area contributed by atoms with Gasteiger partial charge >= 0.3 is 0 Å². The summed E-state index contributed by atoms with van der Waals surface area (Å²) in [5.41, 5.74) is 0. The summed E-state index contributed by atoms with van der Waals surface area (Å²) in [5, 5.41) is 0. The van der Waals surface area contributed by atoms with Gasteiger partial charge in [-0.25, -0.2) is 0 Å². The lowest BCUT2D eigenvalue weighted by atomic mass is 10.1. The Kier molecular flexibility index (Phi) is 19.8. The topological polar surface area (TPSA) is 0 Å². The molecule has 0 nitrogen and oxygen atoms in total. The fourth-order valence-electron chi connectivity index (χ4n) is 1.23. The predicted octanol–water partition coefficient (Wildman–Crippen LogP) is 5.18. The van der Waals surface area contributed by atoms with Crippen LogP contribution in [0.4, 0.5) is 0 Å². The molecule has 0 saturated heterocycles. The second-order valence-corrected chi connectivity index (χ2v) is 4.24. The zero-order valence-electron chi connectivity index (χ0n) is 8.15. The Morgan fingerprint density at radius 2 is 1.17 bits per heavy atom. The molecule has 76 valence electrons. The third-order valence-corrected chi connectivity index (χ3v) is 2.75. The third kappa shape index (κ3) is 14.0. The van der Waals surface area contributed by atoms with Crippen LogP contribution in [0.5, 0.6) is 0 Å². The lowest BCUT2D eigenvalue weighted by Gasteiger charge is -1.98. The van der Waals surface area contributed by atoms with Crippen LogP contribution in [0, 0.1) is 0 Å². The normalized spacial score (nSPS) is 9.50. The summed E-state index contributed by atoms with van der Waals surface area (Å²) in [5.74, 6) is 0. The summed E-state index contributed by atoms with van der Waals surface area (Å²) in [7, 11) is 0. The summed E-state index contributed by atoms with van der Waals surface area (Å²) in [6.45, 7) is 2.27. The van der Waals surface area contributed by atoms with Gasteiger partial charge in [0.1, 0.15) is 0 Å². The van der Waals surface area contributed by atoms with Crippen LogP contribution < -0.4 is 0 Å². The highest BCUT2D eigenvalue weighted by Gasteiger charge is 1.89. The van der Waals surface area contributed by atoms with Gasteiger partial charge in [0.25, 0.3) is 0 Å². The summed E-state index contributed by atoms with van der Waals surface area (Å²) < 4.78 is 1.34. The second-order valence-electron chi connectivity index (χ2n) is 3.16. The Morgan fingerprint density at radius 3 is 1.58 bits per heavy atom. The van der Waals surface area contributed by atoms with Gasteiger partial charge in [-0.15, -0.1) is 24.0 Å². The first kappa shape index (κ1) is 15.9. The van der Waals surface area contributed by atoms with Crippen molar-refractivity contribution < 1.29 is 0 Å². The number of hydrogen-bond acceptors (Lipinski definition) is 0. The van der Waals surface area contributed by atoms with Crippen molar-refractivity contribution in [3.05, 3.63) is 0 Å². The van der Waals surface area contributed by atoms with Crippen LogP contribution in [-0.2, 0) is 0 Å². The van der Waals surface area contributed by atoms with Crippen molar-refractivity contribution in [2.45, 2.75) is 58.3 Å². The molecule has 0 amide bonds. The number of hydrogen-bond donors (Lipinski definition) is 0. The molecule has 0 unspecified atom stereocenters. The van der Waals surface area contributed by atoms with Gasteiger partial charge < -0.3 is 0 Å². The first-order valence-corrected chi connectivity index (χ1v) is 6.50. The van der Waals surface area contributed by atoms with Gasteiger partial charge in [-0.3, -0.25) is 0 Å². The van der Waals surface area contributed by atoms with Crippen LogP contribution in [0.2, 0.25) is 0 Å². The van der Waals surface area contributed by atoms with Gasteiger partial charge in [-0.2, -0.15) is 0 Å². The van der Waals surface area contributed by atoms with Crippen LogP contribution in [-0.4, -0.2) is 4.43 Å². The molecular formula is C10H22I2. The maximum absolute atomic E-state index is 2.46. The van der Waals surface area contributed by atoms with E-state index in [1.165, 1.54) is 55.8 Å². The van der Waals surface area contributed by atoms with Crippen molar-refractivity contribution in [2.75, 3.05) is 4.43 Å². The predicted molar refractivity (Wildman–Crippen MR) is 76.9 cm³/mol. The molecule has 2 heteroatoms.